The van der Waals surface area contributed by atoms with Crippen LogP contribution in [0.3, 0.4) is 0 Å². The first-order chi connectivity index (χ1) is 17.6. The summed E-state index contributed by atoms with van der Waals surface area (Å²) in [6.45, 7) is -0.580. The first-order valence-corrected chi connectivity index (χ1v) is 11.4. The monoisotopic (exact) mass is 524 g/mol. The summed E-state index contributed by atoms with van der Waals surface area (Å²) >= 11 is 0. The Morgan fingerprint density at radius 1 is 1.00 bits per heavy atom. The van der Waals surface area contributed by atoms with Gasteiger partial charge in [0.05, 0.1) is 12.8 Å². The Labute approximate surface area is 209 Å². The number of hydrogen-bond donors (Lipinski definition) is 2. The summed E-state index contributed by atoms with van der Waals surface area (Å²) in [4.78, 5) is 50.5. The molecular formula is C25H24F4N2O6. The van der Waals surface area contributed by atoms with Crippen LogP contribution in [-0.4, -0.2) is 59.3 Å². The van der Waals surface area contributed by atoms with Crippen molar-refractivity contribution in [3.8, 4) is 5.75 Å². The standard InChI is InChI=1S/C25H24F4N2O6/c26-16-11-17(27)23(29)24(22(16)28)37-13-19(32)18(12-21(34)35)30-25(36)15-6-8-31(9-7-15)20(33)10-14-4-2-1-3-5-14/h1-5,11,15,18H,6-10,12-13H2,(H,30,36)(H,34,35)/t18-/m0/s1. The first kappa shape index (κ1) is 27.6. The number of amides is 2. The fraction of sp³-hybridized carbons (Fsp3) is 0.360. The number of nitrogens with one attached hydrogen (secondary N) is 1. The smallest absolute Gasteiger partial charge is 0.305 e. The molecule has 0 bridgehead atoms. The fourth-order valence-corrected chi connectivity index (χ4v) is 3.90. The molecule has 0 spiro atoms. The third-order valence-corrected chi connectivity index (χ3v) is 5.93. The third kappa shape index (κ3) is 7.28. The Morgan fingerprint density at radius 3 is 2.16 bits per heavy atom. The number of ketones is 1. The highest BCUT2D eigenvalue weighted by molar-refractivity contribution is 5.93. The largest absolute Gasteiger partial charge is 0.481 e. The Kier molecular flexibility index (Phi) is 9.20. The molecule has 1 heterocycles. The minimum atomic E-state index is -1.86. The van der Waals surface area contributed by atoms with Crippen LogP contribution >= 0.6 is 0 Å². The lowest BCUT2D eigenvalue weighted by Gasteiger charge is -2.32. The zero-order valence-electron chi connectivity index (χ0n) is 19.5. The summed E-state index contributed by atoms with van der Waals surface area (Å²) in [5, 5.41) is 11.4. The van der Waals surface area contributed by atoms with Crippen LogP contribution < -0.4 is 10.1 Å². The Morgan fingerprint density at radius 2 is 1.59 bits per heavy atom. The van der Waals surface area contributed by atoms with E-state index < -0.39 is 71.7 Å². The van der Waals surface area contributed by atoms with Crippen LogP contribution in [0.5, 0.6) is 5.75 Å². The van der Waals surface area contributed by atoms with Gasteiger partial charge in [0, 0.05) is 25.1 Å². The number of carbonyl (C=O) groups excluding carboxylic acids is 3. The number of rotatable bonds is 10. The maximum absolute atomic E-state index is 13.8. The summed E-state index contributed by atoms with van der Waals surface area (Å²) in [5.74, 6) is -12.6. The third-order valence-electron chi connectivity index (χ3n) is 5.93. The molecule has 0 aromatic heterocycles. The van der Waals surface area contributed by atoms with E-state index in [-0.39, 0.29) is 44.3 Å². The first-order valence-electron chi connectivity index (χ1n) is 11.4. The second kappa shape index (κ2) is 12.3. The molecule has 1 aliphatic heterocycles. The van der Waals surface area contributed by atoms with Crippen molar-refractivity contribution in [2.45, 2.75) is 31.7 Å². The van der Waals surface area contributed by atoms with Crippen molar-refractivity contribution in [2.24, 2.45) is 5.92 Å². The van der Waals surface area contributed by atoms with Gasteiger partial charge >= 0.3 is 5.97 Å². The zero-order valence-corrected chi connectivity index (χ0v) is 19.5. The molecule has 3 rings (SSSR count). The summed E-state index contributed by atoms with van der Waals surface area (Å²) in [6.07, 6.45) is -0.0974. The van der Waals surface area contributed by atoms with Crippen LogP contribution in [0, 0.1) is 29.2 Å². The molecule has 37 heavy (non-hydrogen) atoms. The average Bonchev–Trinajstić information content (AvgIpc) is 2.87. The molecule has 2 amide bonds. The lowest BCUT2D eigenvalue weighted by Crippen LogP contribution is -2.49. The quantitative estimate of drug-likeness (QED) is 0.365. The van der Waals surface area contributed by atoms with E-state index in [0.29, 0.717) is 0 Å². The number of piperidine rings is 1. The van der Waals surface area contributed by atoms with E-state index >= 15 is 0 Å². The number of likely N-dealkylation sites (tertiary alicyclic amines) is 1. The second-order valence-corrected chi connectivity index (χ2v) is 8.53. The van der Waals surface area contributed by atoms with Crippen LogP contribution in [0.15, 0.2) is 36.4 Å². The van der Waals surface area contributed by atoms with Crippen molar-refractivity contribution in [1.82, 2.24) is 10.2 Å². The minimum absolute atomic E-state index is 0.0344. The van der Waals surface area contributed by atoms with E-state index in [1.54, 1.807) is 4.90 Å². The molecule has 0 unspecified atom stereocenters. The summed E-state index contributed by atoms with van der Waals surface area (Å²) < 4.78 is 58.8. The number of benzene rings is 2. The highest BCUT2D eigenvalue weighted by Gasteiger charge is 2.32. The van der Waals surface area contributed by atoms with Crippen LogP contribution in [-0.2, 0) is 25.6 Å². The number of carbonyl (C=O) groups is 4. The van der Waals surface area contributed by atoms with E-state index in [1.165, 1.54) is 0 Å². The molecule has 0 aliphatic carbocycles. The molecule has 12 heteroatoms. The van der Waals surface area contributed by atoms with Gasteiger partial charge < -0.3 is 20.1 Å². The van der Waals surface area contributed by atoms with E-state index in [9.17, 15) is 36.7 Å². The average molecular weight is 524 g/mol. The van der Waals surface area contributed by atoms with E-state index in [0.717, 1.165) is 5.56 Å². The maximum Gasteiger partial charge on any atom is 0.305 e. The number of aliphatic carboxylic acids is 1. The van der Waals surface area contributed by atoms with E-state index in [1.807, 2.05) is 30.3 Å². The molecule has 1 saturated heterocycles. The molecule has 1 atom stereocenters. The number of Topliss-reactive ketones (excluding diaryl/α,β-unsaturated/α-hetero) is 1. The van der Waals surface area contributed by atoms with Crippen LogP contribution in [0.1, 0.15) is 24.8 Å². The van der Waals surface area contributed by atoms with Gasteiger partial charge in [0.15, 0.2) is 23.2 Å². The topological polar surface area (TPSA) is 113 Å². The number of carboxylic acids is 1. The predicted octanol–water partition coefficient (Wildman–Crippen LogP) is 2.63. The maximum atomic E-state index is 13.8. The molecule has 2 aromatic carbocycles. The van der Waals surface area contributed by atoms with Crippen molar-refractivity contribution in [3.05, 3.63) is 65.2 Å². The predicted molar refractivity (Wildman–Crippen MR) is 120 cm³/mol. The number of ether oxygens (including phenoxy) is 1. The number of carboxylic acid groups (broad SMARTS) is 1. The molecule has 198 valence electrons. The second-order valence-electron chi connectivity index (χ2n) is 8.53. The number of halogens is 4. The van der Waals surface area contributed by atoms with Crippen LogP contribution in [0.25, 0.3) is 0 Å². The van der Waals surface area contributed by atoms with Gasteiger partial charge in [0.25, 0.3) is 0 Å². The van der Waals surface area contributed by atoms with E-state index in [2.05, 4.69) is 10.1 Å². The van der Waals surface area contributed by atoms with Gasteiger partial charge in [-0.15, -0.1) is 0 Å². The molecular weight excluding hydrogens is 500 g/mol. The zero-order chi connectivity index (χ0) is 27.1. The molecule has 0 radical (unpaired) electrons. The van der Waals surface area contributed by atoms with Crippen molar-refractivity contribution in [1.29, 1.82) is 0 Å². The Bertz CT molecular complexity index is 1140. The molecule has 1 aliphatic rings. The van der Waals surface area contributed by atoms with Gasteiger partial charge in [-0.05, 0) is 18.4 Å². The summed E-state index contributed by atoms with van der Waals surface area (Å²) in [6, 6.07) is 7.49. The lowest BCUT2D eigenvalue weighted by molar-refractivity contribution is -0.141. The molecule has 2 N–H and O–H groups in total. The molecule has 0 saturated carbocycles. The highest BCUT2D eigenvalue weighted by Crippen LogP contribution is 2.26. The van der Waals surface area contributed by atoms with Gasteiger partial charge in [-0.1, -0.05) is 30.3 Å². The number of hydrogen-bond acceptors (Lipinski definition) is 5. The Balaban J connectivity index is 1.56. The highest BCUT2D eigenvalue weighted by atomic mass is 19.2. The van der Waals surface area contributed by atoms with Gasteiger partial charge in [0.2, 0.25) is 23.4 Å². The van der Waals surface area contributed by atoms with Gasteiger partial charge in [0.1, 0.15) is 12.6 Å². The van der Waals surface area contributed by atoms with Crippen molar-refractivity contribution < 1.29 is 46.6 Å². The van der Waals surface area contributed by atoms with Crippen molar-refractivity contribution >= 4 is 23.6 Å². The van der Waals surface area contributed by atoms with Crippen LogP contribution in [0.4, 0.5) is 17.6 Å². The normalized spacial score (nSPS) is 14.6. The molecule has 8 nitrogen and oxygen atoms in total. The van der Waals surface area contributed by atoms with Crippen LogP contribution in [0.2, 0.25) is 0 Å². The minimum Gasteiger partial charge on any atom is -0.481 e. The summed E-state index contributed by atoms with van der Waals surface area (Å²) in [7, 11) is 0. The molecule has 2 aromatic rings. The lowest BCUT2D eigenvalue weighted by atomic mass is 9.94. The Hall–Kier alpha value is -3.96. The SMILES string of the molecule is O=C(O)C[C@H](NC(=O)C1CCN(C(=O)Cc2ccccc2)CC1)C(=O)COc1c(F)c(F)cc(F)c1F. The fourth-order valence-electron chi connectivity index (χ4n) is 3.90. The van der Waals surface area contributed by atoms with Gasteiger partial charge in [-0.2, -0.15) is 8.78 Å². The molecule has 1 fully saturated rings. The van der Waals surface area contributed by atoms with Gasteiger partial charge in [-0.25, -0.2) is 8.78 Å². The van der Waals surface area contributed by atoms with Gasteiger partial charge in [-0.3, -0.25) is 19.2 Å². The van der Waals surface area contributed by atoms with E-state index in [4.69, 9.17) is 5.11 Å². The number of nitrogens with zero attached hydrogens (tertiary/aromatic N) is 1. The van der Waals surface area contributed by atoms with Crippen molar-refractivity contribution in [2.75, 3.05) is 19.7 Å². The summed E-state index contributed by atoms with van der Waals surface area (Å²) in [5.41, 5.74) is 0.852. The van der Waals surface area contributed by atoms with Crippen molar-refractivity contribution in [3.63, 3.8) is 0 Å².